The molecule has 4 bridgehead atoms. The number of nitrogens with one attached hydrogen (secondary N) is 1. The van der Waals surface area contributed by atoms with Crippen LogP contribution in [-0.4, -0.2) is 28.6 Å². The summed E-state index contributed by atoms with van der Waals surface area (Å²) in [6, 6.07) is 0. The lowest BCUT2D eigenvalue weighted by molar-refractivity contribution is -0.0206. The Kier molecular flexibility index (Phi) is 4.19. The van der Waals surface area contributed by atoms with E-state index in [4.69, 9.17) is 0 Å². The summed E-state index contributed by atoms with van der Waals surface area (Å²) in [4.78, 5) is 11.7. The van der Waals surface area contributed by atoms with Crippen LogP contribution in [-0.2, 0) is 6.54 Å². The average Bonchev–Trinajstić information content (AvgIpc) is 2.89. The van der Waals surface area contributed by atoms with Crippen LogP contribution >= 0.6 is 0 Å². The Bertz CT molecular complexity index is 553. The zero-order valence-corrected chi connectivity index (χ0v) is 15.4. The lowest BCUT2D eigenvalue weighted by Crippen LogP contribution is -2.58. The fourth-order valence-electron chi connectivity index (χ4n) is 6.49. The van der Waals surface area contributed by atoms with Crippen molar-refractivity contribution in [1.29, 1.82) is 0 Å². The molecule has 0 aromatic carbocycles. The highest BCUT2D eigenvalue weighted by Gasteiger charge is 2.50. The van der Waals surface area contributed by atoms with E-state index in [1.54, 1.807) is 0 Å². The summed E-state index contributed by atoms with van der Waals surface area (Å²) < 4.78 is 0. The van der Waals surface area contributed by atoms with Gasteiger partial charge in [0, 0.05) is 43.1 Å². The Morgan fingerprint density at radius 2 is 1.44 bits per heavy atom. The third kappa shape index (κ3) is 3.30. The molecule has 5 fully saturated rings. The van der Waals surface area contributed by atoms with Crippen LogP contribution in [0.3, 0.4) is 0 Å². The van der Waals surface area contributed by atoms with E-state index >= 15 is 0 Å². The molecular formula is C21H32N4. The van der Waals surface area contributed by atoms with Gasteiger partial charge in [-0.2, -0.15) is 0 Å². The van der Waals surface area contributed by atoms with Crippen molar-refractivity contribution < 1.29 is 0 Å². The fraction of sp³-hybridized carbons (Fsp3) is 0.810. The van der Waals surface area contributed by atoms with Gasteiger partial charge in [-0.3, -0.25) is 0 Å². The van der Waals surface area contributed by atoms with E-state index in [2.05, 4.69) is 32.6 Å². The summed E-state index contributed by atoms with van der Waals surface area (Å²) in [5, 5.41) is 3.96. The maximum atomic E-state index is 4.68. The topological polar surface area (TPSA) is 41.1 Å². The second-order valence-corrected chi connectivity index (χ2v) is 9.34. The summed E-state index contributed by atoms with van der Waals surface area (Å²) in [7, 11) is 0. The number of aromatic nitrogens is 2. The normalized spacial score (nSPS) is 37.3. The van der Waals surface area contributed by atoms with Gasteiger partial charge in [0.25, 0.3) is 0 Å². The minimum atomic E-state index is 0.429. The van der Waals surface area contributed by atoms with Crippen molar-refractivity contribution in [2.24, 2.45) is 17.8 Å². The zero-order valence-electron chi connectivity index (χ0n) is 15.4. The van der Waals surface area contributed by atoms with Gasteiger partial charge in [-0.05, 0) is 69.1 Å². The quantitative estimate of drug-likeness (QED) is 0.902. The van der Waals surface area contributed by atoms with Gasteiger partial charge in [-0.15, -0.1) is 0 Å². The zero-order chi connectivity index (χ0) is 16.7. The largest absolute Gasteiger partial charge is 0.341 e. The SMILES string of the molecule is c1nc(N2CCCCCC2)ncc1CNC12CC3CC(CC(C3)C1)C2. The second-order valence-electron chi connectivity index (χ2n) is 9.34. The van der Waals surface area contributed by atoms with E-state index in [9.17, 15) is 0 Å². The van der Waals surface area contributed by atoms with Crippen LogP contribution < -0.4 is 10.2 Å². The lowest BCUT2D eigenvalue weighted by Gasteiger charge is -2.57. The second kappa shape index (κ2) is 6.53. The number of anilines is 1. The van der Waals surface area contributed by atoms with Crippen molar-refractivity contribution in [1.82, 2.24) is 15.3 Å². The Morgan fingerprint density at radius 3 is 2.00 bits per heavy atom. The van der Waals surface area contributed by atoms with Crippen molar-refractivity contribution in [2.45, 2.75) is 76.3 Å². The molecule has 0 atom stereocenters. The molecule has 0 unspecified atom stereocenters. The van der Waals surface area contributed by atoms with Gasteiger partial charge in [0.2, 0.25) is 5.95 Å². The van der Waals surface area contributed by atoms with Crippen LogP contribution in [0.25, 0.3) is 0 Å². The Hall–Kier alpha value is -1.16. The molecule has 4 aliphatic carbocycles. The molecule has 1 aromatic heterocycles. The van der Waals surface area contributed by atoms with Crippen LogP contribution in [0.4, 0.5) is 5.95 Å². The maximum absolute atomic E-state index is 4.68. The number of hydrogen-bond donors (Lipinski definition) is 1. The minimum Gasteiger partial charge on any atom is -0.341 e. The fourth-order valence-corrected chi connectivity index (χ4v) is 6.49. The highest BCUT2D eigenvalue weighted by Crippen LogP contribution is 2.55. The molecule has 1 aromatic rings. The molecule has 6 rings (SSSR count). The monoisotopic (exact) mass is 340 g/mol. The summed E-state index contributed by atoms with van der Waals surface area (Å²) in [6.45, 7) is 3.17. The first-order valence-electron chi connectivity index (χ1n) is 10.6. The first-order valence-corrected chi connectivity index (χ1v) is 10.6. The van der Waals surface area contributed by atoms with Crippen molar-refractivity contribution in [3.05, 3.63) is 18.0 Å². The summed E-state index contributed by atoms with van der Waals surface area (Å²) >= 11 is 0. The summed E-state index contributed by atoms with van der Waals surface area (Å²) in [5.74, 6) is 3.93. The van der Waals surface area contributed by atoms with E-state index in [1.165, 1.54) is 69.8 Å². The average molecular weight is 341 g/mol. The molecule has 136 valence electrons. The maximum Gasteiger partial charge on any atom is 0.225 e. The molecule has 0 radical (unpaired) electrons. The van der Waals surface area contributed by atoms with Gasteiger partial charge in [0.05, 0.1) is 0 Å². The highest BCUT2D eigenvalue weighted by atomic mass is 15.2. The molecule has 4 saturated carbocycles. The molecule has 2 heterocycles. The lowest BCUT2D eigenvalue weighted by atomic mass is 9.53. The standard InChI is InChI=1S/C21H32N4/c1-2-4-6-25(5-3-1)20-22-13-19(14-23-20)15-24-21-10-16-7-17(11-21)9-18(8-16)12-21/h13-14,16-18,24H,1-12,15H2. The molecule has 1 aliphatic heterocycles. The van der Waals surface area contributed by atoms with E-state index < -0.39 is 0 Å². The van der Waals surface area contributed by atoms with Gasteiger partial charge < -0.3 is 10.2 Å². The predicted octanol–water partition coefficient (Wildman–Crippen LogP) is 3.92. The molecule has 1 N–H and O–H groups in total. The third-order valence-electron chi connectivity index (χ3n) is 7.29. The summed E-state index contributed by atoms with van der Waals surface area (Å²) in [5.41, 5.74) is 1.67. The first-order chi connectivity index (χ1) is 12.3. The van der Waals surface area contributed by atoms with Crippen LogP contribution in [0.2, 0.25) is 0 Å². The molecule has 0 amide bonds. The van der Waals surface area contributed by atoms with Crippen LogP contribution in [0.15, 0.2) is 12.4 Å². The number of rotatable bonds is 4. The molecule has 4 heteroatoms. The van der Waals surface area contributed by atoms with Crippen molar-refractivity contribution in [3.63, 3.8) is 0 Å². The molecule has 1 saturated heterocycles. The molecule has 0 spiro atoms. The number of hydrogen-bond acceptors (Lipinski definition) is 4. The first kappa shape index (κ1) is 16.0. The van der Waals surface area contributed by atoms with E-state index in [0.717, 1.165) is 43.3 Å². The molecule has 4 nitrogen and oxygen atoms in total. The van der Waals surface area contributed by atoms with Gasteiger partial charge >= 0.3 is 0 Å². The van der Waals surface area contributed by atoms with Crippen LogP contribution in [0, 0.1) is 17.8 Å². The Morgan fingerprint density at radius 1 is 0.880 bits per heavy atom. The van der Waals surface area contributed by atoms with Crippen LogP contribution in [0.5, 0.6) is 0 Å². The Labute approximate surface area is 151 Å². The van der Waals surface area contributed by atoms with Gasteiger partial charge in [-0.25, -0.2) is 9.97 Å². The van der Waals surface area contributed by atoms with Gasteiger partial charge in [-0.1, -0.05) is 12.8 Å². The summed E-state index contributed by atoms with van der Waals surface area (Å²) in [6.07, 6.45) is 18.1. The molecular weight excluding hydrogens is 308 g/mol. The van der Waals surface area contributed by atoms with Crippen molar-refractivity contribution >= 4 is 5.95 Å². The van der Waals surface area contributed by atoms with Crippen LogP contribution in [0.1, 0.15) is 69.8 Å². The molecule has 25 heavy (non-hydrogen) atoms. The van der Waals surface area contributed by atoms with E-state index in [1.807, 2.05) is 0 Å². The van der Waals surface area contributed by atoms with Crippen molar-refractivity contribution in [3.8, 4) is 0 Å². The van der Waals surface area contributed by atoms with E-state index in [0.29, 0.717) is 5.54 Å². The van der Waals surface area contributed by atoms with Crippen molar-refractivity contribution in [2.75, 3.05) is 18.0 Å². The van der Waals surface area contributed by atoms with E-state index in [-0.39, 0.29) is 0 Å². The third-order valence-corrected chi connectivity index (χ3v) is 7.29. The van der Waals surface area contributed by atoms with Gasteiger partial charge in [0.15, 0.2) is 0 Å². The number of nitrogens with zero attached hydrogens (tertiary/aromatic N) is 3. The highest BCUT2D eigenvalue weighted by molar-refractivity contribution is 5.30. The smallest absolute Gasteiger partial charge is 0.225 e. The Balaban J connectivity index is 1.21. The minimum absolute atomic E-state index is 0.429. The predicted molar refractivity (Wildman–Crippen MR) is 100 cm³/mol. The van der Waals surface area contributed by atoms with Gasteiger partial charge in [0.1, 0.15) is 0 Å². The molecule has 5 aliphatic rings.